The number of ether oxygens (including phenoxy) is 3. The molecule has 0 aliphatic carbocycles. The zero-order chi connectivity index (χ0) is 13.0. The minimum Gasteiger partial charge on any atom is -0.447 e. The molecule has 1 aliphatic heterocycles. The predicted octanol–water partition coefficient (Wildman–Crippen LogP) is -0.0208. The van der Waals surface area contributed by atoms with Gasteiger partial charge in [-0.05, 0) is 6.92 Å². The van der Waals surface area contributed by atoms with Gasteiger partial charge in [-0.15, -0.1) is 0 Å². The van der Waals surface area contributed by atoms with Gasteiger partial charge in [0, 0.05) is 0 Å². The third-order valence-corrected chi connectivity index (χ3v) is 0.990. The van der Waals surface area contributed by atoms with E-state index in [1.165, 1.54) is 6.92 Å². The van der Waals surface area contributed by atoms with Crippen molar-refractivity contribution in [3.63, 3.8) is 0 Å². The van der Waals surface area contributed by atoms with E-state index in [1.54, 1.807) is 0 Å². The Balaban J connectivity index is -0.0000000884. The fourth-order valence-corrected chi connectivity index (χ4v) is 0.494. The lowest BCUT2D eigenvalue weighted by atomic mass is 10.5. The summed E-state index contributed by atoms with van der Waals surface area (Å²) in [6, 6.07) is 0. The van der Waals surface area contributed by atoms with Crippen molar-refractivity contribution >= 4 is 12.2 Å². The average Bonchev–Trinajstić information content (AvgIpc) is 2.70. The van der Waals surface area contributed by atoms with Crippen LogP contribution in [0.4, 0.5) is 9.59 Å². The summed E-state index contributed by atoms with van der Waals surface area (Å²) in [6.45, 7) is 6.30. The van der Waals surface area contributed by atoms with Crippen LogP contribution < -0.4 is 11.9 Å². The molecule has 1 fully saturated rings. The molecule has 18 heavy (non-hydrogen) atoms. The van der Waals surface area contributed by atoms with Crippen LogP contribution >= 0.6 is 0 Å². The molecular weight excluding hydrogens is 248 g/mol. The van der Waals surface area contributed by atoms with Crippen molar-refractivity contribution in [3.8, 4) is 0 Å². The highest BCUT2D eigenvalue weighted by Gasteiger charge is 2.09. The monoisotopic (exact) mass is 272 g/mol. The Morgan fingerprint density at radius 2 is 1.83 bits per heavy atom. The smallest absolute Gasteiger partial charge is 0.447 e. The number of amides is 1. The molecule has 0 aromatic heterocycles. The SMILES string of the molecule is CC.CC(O)COC(N)=O.N.O.O=C1OCCO1. The molecule has 0 aromatic rings. The number of primary amides is 1. The summed E-state index contributed by atoms with van der Waals surface area (Å²) in [5.74, 6) is 0. The fourth-order valence-electron chi connectivity index (χ4n) is 0.494. The van der Waals surface area contributed by atoms with E-state index in [-0.39, 0.29) is 18.2 Å². The highest BCUT2D eigenvalue weighted by Crippen LogP contribution is 1.92. The first-order valence-electron chi connectivity index (χ1n) is 4.92. The van der Waals surface area contributed by atoms with Crippen LogP contribution in [0.2, 0.25) is 0 Å². The first-order valence-corrected chi connectivity index (χ1v) is 4.92. The number of carbonyl (C=O) groups excluding carboxylic acids is 2. The standard InChI is InChI=1S/C4H9NO3.C3H4O3.C2H6.H3N.H2O/c1-3(6)2-8-4(5)7;4-3-5-1-2-6-3;1-2;;/h3,6H,2H2,1H3,(H2,5,7);1-2H2;1-2H3;1H3;1H2. The molecule has 1 aliphatic rings. The van der Waals surface area contributed by atoms with Crippen molar-refractivity contribution in [2.45, 2.75) is 26.9 Å². The van der Waals surface area contributed by atoms with Gasteiger partial charge in [-0.2, -0.15) is 0 Å². The van der Waals surface area contributed by atoms with E-state index in [4.69, 9.17) is 5.11 Å². The van der Waals surface area contributed by atoms with Crippen molar-refractivity contribution < 1.29 is 34.4 Å². The third kappa shape index (κ3) is 23.9. The van der Waals surface area contributed by atoms with Crippen molar-refractivity contribution in [3.05, 3.63) is 0 Å². The van der Waals surface area contributed by atoms with E-state index in [2.05, 4.69) is 19.9 Å². The molecule has 1 atom stereocenters. The topological polar surface area (TPSA) is 175 Å². The van der Waals surface area contributed by atoms with Crippen LogP contribution in [-0.2, 0) is 14.2 Å². The van der Waals surface area contributed by atoms with Gasteiger partial charge in [0.25, 0.3) is 0 Å². The van der Waals surface area contributed by atoms with Gasteiger partial charge in [-0.1, -0.05) is 13.8 Å². The fraction of sp³-hybridized carbons (Fsp3) is 0.778. The Morgan fingerprint density at radius 3 is 1.94 bits per heavy atom. The molecule has 0 aromatic carbocycles. The van der Waals surface area contributed by atoms with Crippen molar-refractivity contribution in [2.75, 3.05) is 19.8 Å². The molecular formula is C9H24N2O7. The van der Waals surface area contributed by atoms with E-state index < -0.39 is 18.4 Å². The van der Waals surface area contributed by atoms with Crippen LogP contribution in [0.25, 0.3) is 0 Å². The van der Waals surface area contributed by atoms with Gasteiger partial charge < -0.3 is 36.7 Å². The minimum atomic E-state index is -0.856. The number of aliphatic hydroxyl groups is 1. The molecule has 112 valence electrons. The molecule has 1 amide bonds. The number of nitrogens with two attached hydrogens (primary N) is 1. The second-order valence-electron chi connectivity index (χ2n) is 2.43. The predicted molar refractivity (Wildman–Crippen MR) is 64.5 cm³/mol. The highest BCUT2D eigenvalue weighted by molar-refractivity contribution is 5.64. The molecule has 1 rings (SSSR count). The molecule has 0 spiro atoms. The Labute approximate surface area is 106 Å². The number of carbonyl (C=O) groups is 2. The maximum Gasteiger partial charge on any atom is 0.508 e. The second-order valence-corrected chi connectivity index (χ2v) is 2.43. The van der Waals surface area contributed by atoms with Gasteiger partial charge in [0.15, 0.2) is 0 Å². The van der Waals surface area contributed by atoms with Crippen LogP contribution in [0.3, 0.4) is 0 Å². The Kier molecular flexibility index (Phi) is 25.0. The molecule has 9 nitrogen and oxygen atoms in total. The summed E-state index contributed by atoms with van der Waals surface area (Å²) in [6.07, 6.45) is -2.04. The summed E-state index contributed by atoms with van der Waals surface area (Å²) in [5.41, 5.74) is 4.57. The molecule has 1 saturated heterocycles. The molecule has 9 heteroatoms. The zero-order valence-corrected chi connectivity index (χ0v) is 11.0. The Morgan fingerprint density at radius 1 is 1.44 bits per heavy atom. The van der Waals surface area contributed by atoms with Crippen molar-refractivity contribution in [2.24, 2.45) is 5.73 Å². The third-order valence-electron chi connectivity index (χ3n) is 0.990. The molecule has 0 saturated carbocycles. The lowest BCUT2D eigenvalue weighted by Crippen LogP contribution is -2.19. The number of aliphatic hydroxyl groups excluding tert-OH is 1. The lowest BCUT2D eigenvalue weighted by molar-refractivity contribution is 0.0833. The second kappa shape index (κ2) is 17.8. The number of hydrogen-bond acceptors (Lipinski definition) is 7. The Bertz CT molecular complexity index is 191. The van der Waals surface area contributed by atoms with Crippen LogP contribution in [0.5, 0.6) is 0 Å². The first-order chi connectivity index (χ1) is 7.52. The van der Waals surface area contributed by atoms with Crippen molar-refractivity contribution in [1.82, 2.24) is 6.15 Å². The molecule has 8 N–H and O–H groups in total. The lowest BCUT2D eigenvalue weighted by Gasteiger charge is -2.01. The average molecular weight is 272 g/mol. The summed E-state index contributed by atoms with van der Waals surface area (Å²) in [4.78, 5) is 19.6. The summed E-state index contributed by atoms with van der Waals surface area (Å²) < 4.78 is 12.8. The van der Waals surface area contributed by atoms with Gasteiger partial charge >= 0.3 is 12.2 Å². The Hall–Kier alpha value is -1.58. The van der Waals surface area contributed by atoms with Gasteiger partial charge in [0.05, 0.1) is 6.10 Å². The molecule has 1 heterocycles. The first kappa shape index (κ1) is 25.3. The summed E-state index contributed by atoms with van der Waals surface area (Å²) in [7, 11) is 0. The van der Waals surface area contributed by atoms with Crippen LogP contribution in [0.1, 0.15) is 20.8 Å². The van der Waals surface area contributed by atoms with Crippen LogP contribution in [-0.4, -0.2) is 48.8 Å². The number of cyclic esters (lactones) is 2. The largest absolute Gasteiger partial charge is 0.508 e. The summed E-state index contributed by atoms with van der Waals surface area (Å²) in [5, 5.41) is 8.47. The van der Waals surface area contributed by atoms with Crippen LogP contribution in [0, 0.1) is 0 Å². The molecule has 0 bridgehead atoms. The van der Waals surface area contributed by atoms with Gasteiger partial charge in [-0.25, -0.2) is 9.59 Å². The van der Waals surface area contributed by atoms with Gasteiger partial charge in [-0.3, -0.25) is 0 Å². The van der Waals surface area contributed by atoms with E-state index in [0.717, 1.165) is 0 Å². The highest BCUT2D eigenvalue weighted by atomic mass is 16.8. The normalized spacial score (nSPS) is 12.6. The van der Waals surface area contributed by atoms with Crippen molar-refractivity contribution in [1.29, 1.82) is 0 Å². The maximum atomic E-state index is 9.80. The van der Waals surface area contributed by atoms with Gasteiger partial charge in [0.2, 0.25) is 0 Å². The van der Waals surface area contributed by atoms with Gasteiger partial charge in [0.1, 0.15) is 19.8 Å². The number of rotatable bonds is 2. The quantitative estimate of drug-likeness (QED) is 0.591. The van der Waals surface area contributed by atoms with Crippen LogP contribution in [0.15, 0.2) is 0 Å². The molecule has 1 unspecified atom stereocenters. The van der Waals surface area contributed by atoms with E-state index in [1.807, 2.05) is 13.8 Å². The van der Waals surface area contributed by atoms with E-state index >= 15 is 0 Å². The molecule has 0 radical (unpaired) electrons. The van der Waals surface area contributed by atoms with E-state index in [9.17, 15) is 9.59 Å². The maximum absolute atomic E-state index is 9.80. The minimum absolute atomic E-state index is 0. The number of hydrogen-bond donors (Lipinski definition) is 3. The zero-order valence-electron chi connectivity index (χ0n) is 11.0. The summed E-state index contributed by atoms with van der Waals surface area (Å²) >= 11 is 0. The van der Waals surface area contributed by atoms with E-state index in [0.29, 0.717) is 13.2 Å².